The number of rotatable bonds is 6. The van der Waals surface area contributed by atoms with E-state index < -0.39 is 17.7 Å². The molecular formula is C22H29N3O4. The number of carbonyl (C=O) groups excluding carboxylic acids is 2. The van der Waals surface area contributed by atoms with Crippen molar-refractivity contribution in [2.75, 3.05) is 13.2 Å². The van der Waals surface area contributed by atoms with E-state index in [1.807, 2.05) is 0 Å². The van der Waals surface area contributed by atoms with Crippen molar-refractivity contribution < 1.29 is 19.4 Å². The summed E-state index contributed by atoms with van der Waals surface area (Å²) >= 11 is 0. The molecule has 3 rings (SSSR count). The van der Waals surface area contributed by atoms with Crippen LogP contribution in [-0.4, -0.2) is 46.7 Å². The van der Waals surface area contributed by atoms with Crippen molar-refractivity contribution in [1.82, 2.24) is 10.2 Å². The van der Waals surface area contributed by atoms with Gasteiger partial charge >= 0.3 is 6.03 Å². The standard InChI is InChI=1S/C22H29N3O4/c1-15-10-21(2,3)14-22(11-15)19(27)25(20(28)24-22)12-17(26)13-29-18-6-4-16(5-7-18)8-9-23/h4-7,15,17,26H,8,10-14H2,1-3H3,(H,24,28)/t15-,17-,22-/m0/s1. The number of nitrogens with one attached hydrogen (secondary N) is 1. The second kappa shape index (κ2) is 8.03. The summed E-state index contributed by atoms with van der Waals surface area (Å²) in [6.45, 7) is 6.21. The summed E-state index contributed by atoms with van der Waals surface area (Å²) in [5.41, 5.74) is -0.0134. The van der Waals surface area contributed by atoms with Gasteiger partial charge in [0.2, 0.25) is 0 Å². The topological polar surface area (TPSA) is 103 Å². The fourth-order valence-electron chi connectivity index (χ4n) is 4.92. The summed E-state index contributed by atoms with van der Waals surface area (Å²) < 4.78 is 5.57. The molecule has 1 aliphatic carbocycles. The van der Waals surface area contributed by atoms with Crippen LogP contribution in [0.2, 0.25) is 0 Å². The van der Waals surface area contributed by atoms with Crippen LogP contribution in [0.3, 0.4) is 0 Å². The number of nitrogens with zero attached hydrogens (tertiary/aromatic N) is 2. The molecule has 0 unspecified atom stereocenters. The number of β-amino-alcohol motifs (C(OH)–C–C–N with tert-alkyl or cyclic N) is 1. The number of ether oxygens (including phenoxy) is 1. The monoisotopic (exact) mass is 399 g/mol. The largest absolute Gasteiger partial charge is 0.491 e. The Balaban J connectivity index is 1.59. The van der Waals surface area contributed by atoms with Crippen molar-refractivity contribution in [2.24, 2.45) is 11.3 Å². The summed E-state index contributed by atoms with van der Waals surface area (Å²) in [6.07, 6.45) is 1.58. The fourth-order valence-corrected chi connectivity index (χ4v) is 4.92. The van der Waals surface area contributed by atoms with Crippen LogP contribution in [0.15, 0.2) is 24.3 Å². The Labute approximate surface area is 171 Å². The van der Waals surface area contributed by atoms with Gasteiger partial charge in [0.25, 0.3) is 5.91 Å². The zero-order valence-corrected chi connectivity index (χ0v) is 17.3. The summed E-state index contributed by atoms with van der Waals surface area (Å²) in [5, 5.41) is 22.0. The van der Waals surface area contributed by atoms with Crippen LogP contribution in [0.25, 0.3) is 0 Å². The molecular weight excluding hydrogens is 370 g/mol. The lowest BCUT2D eigenvalue weighted by molar-refractivity contribution is -0.135. The molecule has 7 nitrogen and oxygen atoms in total. The van der Waals surface area contributed by atoms with E-state index in [-0.39, 0.29) is 24.5 Å². The normalized spacial score (nSPS) is 26.9. The van der Waals surface area contributed by atoms with Gasteiger partial charge in [0.1, 0.15) is 24.0 Å². The maximum atomic E-state index is 13.1. The summed E-state index contributed by atoms with van der Waals surface area (Å²) in [5.74, 6) is 0.643. The minimum absolute atomic E-state index is 0.0317. The van der Waals surface area contributed by atoms with Crippen molar-refractivity contribution in [3.05, 3.63) is 29.8 Å². The SMILES string of the molecule is C[C@H]1CC(C)(C)C[C@]2(C1)NC(=O)N(C[C@H](O)COc1ccc(CC#N)cc1)C2=O. The van der Waals surface area contributed by atoms with Gasteiger partial charge in [-0.25, -0.2) is 4.79 Å². The number of hydrogen-bond acceptors (Lipinski definition) is 5. The number of benzene rings is 1. The van der Waals surface area contributed by atoms with Gasteiger partial charge in [0.05, 0.1) is 19.0 Å². The van der Waals surface area contributed by atoms with Crippen molar-refractivity contribution in [3.8, 4) is 11.8 Å². The van der Waals surface area contributed by atoms with Crippen LogP contribution in [0.5, 0.6) is 5.75 Å². The molecule has 1 spiro atoms. The second-order valence-electron chi connectivity index (χ2n) is 9.23. The molecule has 2 fully saturated rings. The van der Waals surface area contributed by atoms with Crippen LogP contribution in [0.4, 0.5) is 4.79 Å². The molecule has 1 saturated carbocycles. The summed E-state index contributed by atoms with van der Waals surface area (Å²) in [4.78, 5) is 26.7. The van der Waals surface area contributed by atoms with Crippen LogP contribution >= 0.6 is 0 Å². The van der Waals surface area contributed by atoms with Gasteiger partial charge in [0, 0.05) is 0 Å². The lowest BCUT2D eigenvalue weighted by Gasteiger charge is -2.43. The van der Waals surface area contributed by atoms with Gasteiger partial charge in [-0.3, -0.25) is 9.69 Å². The molecule has 3 amide bonds. The third-order valence-electron chi connectivity index (χ3n) is 5.67. The summed E-state index contributed by atoms with van der Waals surface area (Å²) in [7, 11) is 0. The number of urea groups is 1. The minimum atomic E-state index is -0.993. The van der Waals surface area contributed by atoms with E-state index in [9.17, 15) is 14.7 Å². The van der Waals surface area contributed by atoms with E-state index in [1.54, 1.807) is 24.3 Å². The highest BCUT2D eigenvalue weighted by molar-refractivity contribution is 6.07. The van der Waals surface area contributed by atoms with E-state index in [1.165, 1.54) is 0 Å². The van der Waals surface area contributed by atoms with Crippen molar-refractivity contribution in [2.45, 2.75) is 58.1 Å². The second-order valence-corrected chi connectivity index (χ2v) is 9.23. The first-order valence-electron chi connectivity index (χ1n) is 10.0. The maximum Gasteiger partial charge on any atom is 0.325 e. The molecule has 1 aromatic carbocycles. The number of nitriles is 1. The van der Waals surface area contributed by atoms with E-state index in [0.29, 0.717) is 30.9 Å². The Morgan fingerprint density at radius 2 is 2.00 bits per heavy atom. The number of aliphatic hydroxyl groups is 1. The molecule has 3 atom stereocenters. The molecule has 2 aliphatic rings. The van der Waals surface area contributed by atoms with Crippen LogP contribution < -0.4 is 10.1 Å². The lowest BCUT2D eigenvalue weighted by Crippen LogP contribution is -2.54. The van der Waals surface area contributed by atoms with Gasteiger partial charge in [-0.15, -0.1) is 0 Å². The first kappa shape index (κ1) is 21.1. The van der Waals surface area contributed by atoms with Gasteiger partial charge in [0.15, 0.2) is 0 Å². The zero-order valence-electron chi connectivity index (χ0n) is 17.3. The molecule has 2 N–H and O–H groups in total. The van der Waals surface area contributed by atoms with Gasteiger partial charge in [-0.05, 0) is 48.3 Å². The number of aliphatic hydroxyl groups excluding tert-OH is 1. The summed E-state index contributed by atoms with van der Waals surface area (Å²) in [6, 6.07) is 8.67. The van der Waals surface area contributed by atoms with E-state index in [2.05, 4.69) is 32.2 Å². The zero-order chi connectivity index (χ0) is 21.2. The molecule has 0 radical (unpaired) electrons. The van der Waals surface area contributed by atoms with E-state index >= 15 is 0 Å². The Morgan fingerprint density at radius 1 is 1.31 bits per heavy atom. The molecule has 156 valence electrons. The number of carbonyl (C=O) groups is 2. The smallest absolute Gasteiger partial charge is 0.325 e. The molecule has 0 aromatic heterocycles. The molecule has 1 aliphatic heterocycles. The van der Waals surface area contributed by atoms with Crippen LogP contribution in [-0.2, 0) is 11.2 Å². The quantitative estimate of drug-likeness (QED) is 0.716. The predicted molar refractivity (Wildman–Crippen MR) is 107 cm³/mol. The highest BCUT2D eigenvalue weighted by Gasteiger charge is 2.56. The molecule has 29 heavy (non-hydrogen) atoms. The van der Waals surface area contributed by atoms with E-state index in [4.69, 9.17) is 10.00 Å². The number of hydrogen-bond donors (Lipinski definition) is 2. The molecule has 1 aromatic rings. The molecule has 1 heterocycles. The van der Waals surface area contributed by atoms with Crippen LogP contribution in [0, 0.1) is 22.7 Å². The van der Waals surface area contributed by atoms with Gasteiger partial charge in [-0.1, -0.05) is 32.9 Å². The van der Waals surface area contributed by atoms with Crippen molar-refractivity contribution in [3.63, 3.8) is 0 Å². The van der Waals surface area contributed by atoms with Gasteiger partial charge < -0.3 is 15.2 Å². The van der Waals surface area contributed by atoms with Gasteiger partial charge in [-0.2, -0.15) is 5.26 Å². The maximum absolute atomic E-state index is 13.1. The Morgan fingerprint density at radius 3 is 2.62 bits per heavy atom. The highest BCUT2D eigenvalue weighted by Crippen LogP contribution is 2.46. The Kier molecular flexibility index (Phi) is 5.85. The average Bonchev–Trinajstić information content (AvgIpc) is 2.83. The van der Waals surface area contributed by atoms with Crippen LogP contribution in [0.1, 0.15) is 45.6 Å². The van der Waals surface area contributed by atoms with Crippen molar-refractivity contribution >= 4 is 11.9 Å². The fraction of sp³-hybridized carbons (Fsp3) is 0.591. The molecule has 7 heteroatoms. The predicted octanol–water partition coefficient (Wildman–Crippen LogP) is 2.63. The Bertz CT molecular complexity index is 814. The first-order valence-corrected chi connectivity index (χ1v) is 10.0. The average molecular weight is 399 g/mol. The number of amides is 3. The third-order valence-corrected chi connectivity index (χ3v) is 5.67. The lowest BCUT2D eigenvalue weighted by atomic mass is 9.64. The van der Waals surface area contributed by atoms with Crippen molar-refractivity contribution in [1.29, 1.82) is 5.26 Å². The first-order chi connectivity index (χ1) is 13.6. The highest BCUT2D eigenvalue weighted by atomic mass is 16.5. The third kappa shape index (κ3) is 4.70. The van der Waals surface area contributed by atoms with E-state index in [0.717, 1.165) is 16.9 Å². The Hall–Kier alpha value is -2.59. The molecule has 1 saturated heterocycles. The number of imide groups is 1. The molecule has 0 bridgehead atoms. The minimum Gasteiger partial charge on any atom is -0.491 e.